The molecule has 24 heavy (non-hydrogen) atoms. The number of morpholine rings is 1. The van der Waals surface area contributed by atoms with Crippen molar-refractivity contribution < 1.29 is 14.3 Å². The number of benzene rings is 1. The van der Waals surface area contributed by atoms with Crippen LogP contribution >= 0.6 is 0 Å². The maximum absolute atomic E-state index is 12.2. The molecule has 0 bridgehead atoms. The SMILES string of the molecule is Cc1cccc(CCCNC(=O)N2CCOC(C(=O)N(C)C)C2)c1. The zero-order valence-corrected chi connectivity index (χ0v) is 14.7. The lowest BCUT2D eigenvalue weighted by Gasteiger charge is -2.33. The molecular weight excluding hydrogens is 306 g/mol. The van der Waals surface area contributed by atoms with Gasteiger partial charge in [0.05, 0.1) is 13.2 Å². The predicted octanol–water partition coefficient (Wildman–Crippen LogP) is 1.43. The van der Waals surface area contributed by atoms with Crippen LogP contribution in [0.5, 0.6) is 0 Å². The lowest BCUT2D eigenvalue weighted by Crippen LogP contribution is -2.53. The zero-order chi connectivity index (χ0) is 17.5. The summed E-state index contributed by atoms with van der Waals surface area (Å²) in [4.78, 5) is 27.3. The summed E-state index contributed by atoms with van der Waals surface area (Å²) in [6.07, 6.45) is 1.26. The van der Waals surface area contributed by atoms with E-state index in [1.807, 2.05) is 0 Å². The lowest BCUT2D eigenvalue weighted by molar-refractivity contribution is -0.145. The third-order valence-corrected chi connectivity index (χ3v) is 4.07. The van der Waals surface area contributed by atoms with Gasteiger partial charge in [0, 0.05) is 27.2 Å². The number of hydrogen-bond acceptors (Lipinski definition) is 3. The van der Waals surface area contributed by atoms with Crippen LogP contribution in [0.15, 0.2) is 24.3 Å². The van der Waals surface area contributed by atoms with E-state index in [1.54, 1.807) is 19.0 Å². The largest absolute Gasteiger partial charge is 0.365 e. The number of carbonyl (C=O) groups excluding carboxylic acids is 2. The number of carbonyl (C=O) groups is 2. The van der Waals surface area contributed by atoms with Gasteiger partial charge in [-0.25, -0.2) is 4.79 Å². The molecule has 1 heterocycles. The van der Waals surface area contributed by atoms with Gasteiger partial charge in [0.2, 0.25) is 0 Å². The fraction of sp³-hybridized carbons (Fsp3) is 0.556. The van der Waals surface area contributed by atoms with Crippen LogP contribution < -0.4 is 5.32 Å². The maximum Gasteiger partial charge on any atom is 0.317 e. The van der Waals surface area contributed by atoms with Crippen LogP contribution in [0.3, 0.4) is 0 Å². The molecule has 1 saturated heterocycles. The van der Waals surface area contributed by atoms with Crippen molar-refractivity contribution in [1.29, 1.82) is 0 Å². The number of likely N-dealkylation sites (N-methyl/N-ethyl adjacent to an activating group) is 1. The molecule has 1 aliphatic heterocycles. The molecule has 0 saturated carbocycles. The fourth-order valence-electron chi connectivity index (χ4n) is 2.74. The molecule has 6 heteroatoms. The van der Waals surface area contributed by atoms with Crippen molar-refractivity contribution in [1.82, 2.24) is 15.1 Å². The quantitative estimate of drug-likeness (QED) is 0.829. The highest BCUT2D eigenvalue weighted by atomic mass is 16.5. The number of aryl methyl sites for hydroxylation is 2. The molecule has 6 nitrogen and oxygen atoms in total. The Labute approximate surface area is 143 Å². The van der Waals surface area contributed by atoms with E-state index in [2.05, 4.69) is 36.5 Å². The number of nitrogens with one attached hydrogen (secondary N) is 1. The maximum atomic E-state index is 12.2. The first-order valence-electron chi connectivity index (χ1n) is 8.38. The monoisotopic (exact) mass is 333 g/mol. The normalized spacial score (nSPS) is 17.5. The molecule has 0 spiro atoms. The Bertz CT molecular complexity index is 574. The fourth-order valence-corrected chi connectivity index (χ4v) is 2.74. The smallest absolute Gasteiger partial charge is 0.317 e. The Morgan fingerprint density at radius 1 is 1.38 bits per heavy atom. The number of amides is 3. The highest BCUT2D eigenvalue weighted by Crippen LogP contribution is 2.08. The van der Waals surface area contributed by atoms with Gasteiger partial charge in [0.1, 0.15) is 0 Å². The topological polar surface area (TPSA) is 61.9 Å². The third-order valence-electron chi connectivity index (χ3n) is 4.07. The van der Waals surface area contributed by atoms with Crippen molar-refractivity contribution in [3.63, 3.8) is 0 Å². The molecule has 1 unspecified atom stereocenters. The van der Waals surface area contributed by atoms with Gasteiger partial charge < -0.3 is 19.9 Å². The summed E-state index contributed by atoms with van der Waals surface area (Å²) in [5.41, 5.74) is 2.54. The first kappa shape index (κ1) is 18.3. The summed E-state index contributed by atoms with van der Waals surface area (Å²) in [5.74, 6) is -0.105. The highest BCUT2D eigenvalue weighted by Gasteiger charge is 2.29. The van der Waals surface area contributed by atoms with Crippen LogP contribution in [0.4, 0.5) is 4.79 Å². The van der Waals surface area contributed by atoms with Gasteiger partial charge in [-0.15, -0.1) is 0 Å². The van der Waals surface area contributed by atoms with Crippen molar-refractivity contribution in [2.75, 3.05) is 40.3 Å². The second-order valence-electron chi connectivity index (χ2n) is 6.36. The molecular formula is C18H27N3O3. The number of nitrogens with zero attached hydrogens (tertiary/aromatic N) is 2. The van der Waals surface area contributed by atoms with E-state index >= 15 is 0 Å². The average molecular weight is 333 g/mol. The standard InChI is InChI=1S/C18H27N3O3/c1-14-6-4-7-15(12-14)8-5-9-19-18(23)21-10-11-24-16(13-21)17(22)20(2)3/h4,6-7,12,16H,5,8-11,13H2,1-3H3,(H,19,23). The minimum Gasteiger partial charge on any atom is -0.365 e. The Morgan fingerprint density at radius 2 is 2.17 bits per heavy atom. The molecule has 1 fully saturated rings. The van der Waals surface area contributed by atoms with Crippen LogP contribution in [0.1, 0.15) is 17.5 Å². The van der Waals surface area contributed by atoms with E-state index in [9.17, 15) is 9.59 Å². The zero-order valence-electron chi connectivity index (χ0n) is 14.7. The van der Waals surface area contributed by atoms with Gasteiger partial charge in [0.25, 0.3) is 5.91 Å². The van der Waals surface area contributed by atoms with E-state index < -0.39 is 6.10 Å². The van der Waals surface area contributed by atoms with E-state index in [-0.39, 0.29) is 11.9 Å². The van der Waals surface area contributed by atoms with Crippen LogP contribution in [0.2, 0.25) is 0 Å². The molecule has 0 radical (unpaired) electrons. The number of urea groups is 1. The summed E-state index contributed by atoms with van der Waals surface area (Å²) in [5, 5.41) is 2.93. The molecule has 1 aliphatic rings. The van der Waals surface area contributed by atoms with E-state index in [0.29, 0.717) is 26.2 Å². The molecule has 1 atom stereocenters. The van der Waals surface area contributed by atoms with E-state index in [4.69, 9.17) is 4.74 Å². The first-order chi connectivity index (χ1) is 11.5. The molecule has 0 aromatic heterocycles. The molecule has 132 valence electrons. The van der Waals surface area contributed by atoms with Gasteiger partial charge in [-0.3, -0.25) is 4.79 Å². The number of rotatable bonds is 5. The summed E-state index contributed by atoms with van der Waals surface area (Å²) < 4.78 is 5.46. The second kappa shape index (κ2) is 8.68. The van der Waals surface area contributed by atoms with E-state index in [1.165, 1.54) is 16.0 Å². The van der Waals surface area contributed by atoms with Gasteiger partial charge in [-0.1, -0.05) is 29.8 Å². The summed E-state index contributed by atoms with van der Waals surface area (Å²) in [6, 6.07) is 8.28. The minimum absolute atomic E-state index is 0.105. The molecule has 3 amide bonds. The van der Waals surface area contributed by atoms with Gasteiger partial charge in [0.15, 0.2) is 6.10 Å². The Morgan fingerprint density at radius 3 is 2.88 bits per heavy atom. The second-order valence-corrected chi connectivity index (χ2v) is 6.36. The minimum atomic E-state index is -0.563. The third kappa shape index (κ3) is 5.23. The summed E-state index contributed by atoms with van der Waals surface area (Å²) >= 11 is 0. The van der Waals surface area contributed by atoms with Crippen LogP contribution in [-0.4, -0.2) is 68.2 Å². The lowest BCUT2D eigenvalue weighted by atomic mass is 10.1. The van der Waals surface area contributed by atoms with Crippen molar-refractivity contribution in [3.05, 3.63) is 35.4 Å². The molecule has 1 N–H and O–H groups in total. The number of ether oxygens (including phenoxy) is 1. The van der Waals surface area contributed by atoms with Gasteiger partial charge >= 0.3 is 6.03 Å². The Balaban J connectivity index is 1.73. The summed E-state index contributed by atoms with van der Waals surface area (Å²) in [7, 11) is 3.38. The van der Waals surface area contributed by atoms with Crippen molar-refractivity contribution >= 4 is 11.9 Å². The predicted molar refractivity (Wildman–Crippen MR) is 92.9 cm³/mol. The highest BCUT2D eigenvalue weighted by molar-refractivity contribution is 5.82. The molecule has 1 aromatic rings. The molecule has 1 aromatic carbocycles. The first-order valence-corrected chi connectivity index (χ1v) is 8.38. The average Bonchev–Trinajstić information content (AvgIpc) is 2.58. The summed E-state index contributed by atoms with van der Waals surface area (Å²) in [6.45, 7) is 3.91. The van der Waals surface area contributed by atoms with Crippen LogP contribution in [0.25, 0.3) is 0 Å². The van der Waals surface area contributed by atoms with Gasteiger partial charge in [-0.05, 0) is 25.3 Å². The van der Waals surface area contributed by atoms with Crippen LogP contribution in [-0.2, 0) is 16.0 Å². The van der Waals surface area contributed by atoms with Gasteiger partial charge in [-0.2, -0.15) is 0 Å². The van der Waals surface area contributed by atoms with Crippen LogP contribution in [0, 0.1) is 6.92 Å². The number of hydrogen-bond donors (Lipinski definition) is 1. The van der Waals surface area contributed by atoms with Crippen molar-refractivity contribution in [2.24, 2.45) is 0 Å². The Kier molecular flexibility index (Phi) is 6.61. The van der Waals surface area contributed by atoms with Crippen molar-refractivity contribution in [3.8, 4) is 0 Å². The van der Waals surface area contributed by atoms with E-state index in [0.717, 1.165) is 12.8 Å². The molecule has 0 aliphatic carbocycles. The van der Waals surface area contributed by atoms with Crippen molar-refractivity contribution in [2.45, 2.75) is 25.9 Å². The Hall–Kier alpha value is -2.08. The molecule has 2 rings (SSSR count).